The van der Waals surface area contributed by atoms with E-state index in [9.17, 15) is 0 Å². The first-order valence-corrected chi connectivity index (χ1v) is 12.1. The maximum Gasteiger partial charge on any atom is 0.265 e. The van der Waals surface area contributed by atoms with Gasteiger partial charge in [-0.3, -0.25) is 0 Å². The molecular weight excluding hydrogens is 420 g/mol. The van der Waals surface area contributed by atoms with Crippen LogP contribution in [0.25, 0.3) is 0 Å². The molecule has 2 bridgehead atoms. The molecule has 1 aliphatic carbocycles. The van der Waals surface area contributed by atoms with Gasteiger partial charge < -0.3 is 8.83 Å². The van der Waals surface area contributed by atoms with Crippen LogP contribution in [0.1, 0.15) is 58.4 Å². The zero-order valence-electron chi connectivity index (χ0n) is 19.0. The van der Waals surface area contributed by atoms with E-state index in [-0.39, 0.29) is 17.4 Å². The fourth-order valence-electron chi connectivity index (χ4n) is 6.57. The van der Waals surface area contributed by atoms with Crippen molar-refractivity contribution in [1.82, 2.24) is 4.57 Å². The zero-order valence-corrected chi connectivity index (χ0v) is 19.0. The molecule has 0 amide bonds. The molecule has 0 saturated heterocycles. The molecule has 4 nitrogen and oxygen atoms in total. The number of nitrogens with zero attached hydrogens (tertiary/aromatic N) is 2. The highest BCUT2D eigenvalue weighted by Gasteiger charge is 2.60. The smallest absolute Gasteiger partial charge is 0.265 e. The molecule has 34 heavy (non-hydrogen) atoms. The maximum atomic E-state index is 5.66. The molecular formula is C30H27N2O2+. The fourth-order valence-corrected chi connectivity index (χ4v) is 6.57. The van der Waals surface area contributed by atoms with Gasteiger partial charge in [0.1, 0.15) is 24.4 Å². The van der Waals surface area contributed by atoms with Gasteiger partial charge in [-0.2, -0.15) is 0 Å². The number of aryl methyl sites for hydroxylation is 2. The molecule has 0 fully saturated rings. The van der Waals surface area contributed by atoms with Gasteiger partial charge in [-0.05, 0) is 36.1 Å². The molecule has 0 saturated carbocycles. The van der Waals surface area contributed by atoms with Crippen molar-refractivity contribution in [3.05, 3.63) is 138 Å². The highest BCUT2D eigenvalue weighted by Crippen LogP contribution is 2.59. The third-order valence-electron chi connectivity index (χ3n) is 8.01. The largest absolute Gasteiger partial charge is 0.472 e. The van der Waals surface area contributed by atoms with Gasteiger partial charge in [0.2, 0.25) is 0 Å². The van der Waals surface area contributed by atoms with Crippen LogP contribution >= 0.6 is 0 Å². The maximum absolute atomic E-state index is 5.66. The highest BCUT2D eigenvalue weighted by atomic mass is 16.3. The Kier molecular flexibility index (Phi) is 4.41. The van der Waals surface area contributed by atoms with Gasteiger partial charge >= 0.3 is 0 Å². The van der Waals surface area contributed by atoms with Crippen molar-refractivity contribution in [3.63, 3.8) is 0 Å². The van der Waals surface area contributed by atoms with Crippen LogP contribution in [0.3, 0.4) is 0 Å². The van der Waals surface area contributed by atoms with Gasteiger partial charge in [-0.15, -0.1) is 0 Å². The second-order valence-corrected chi connectivity index (χ2v) is 9.62. The number of aromatic nitrogens is 2. The van der Waals surface area contributed by atoms with E-state index >= 15 is 0 Å². The van der Waals surface area contributed by atoms with E-state index in [0.717, 1.165) is 25.8 Å². The summed E-state index contributed by atoms with van der Waals surface area (Å²) in [5, 5.41) is 0. The molecule has 4 heteroatoms. The monoisotopic (exact) mass is 447 g/mol. The number of hydrogen-bond acceptors (Lipinski definition) is 2. The minimum Gasteiger partial charge on any atom is -0.472 e. The number of rotatable bonds is 6. The molecule has 0 unspecified atom stereocenters. The van der Waals surface area contributed by atoms with E-state index in [4.69, 9.17) is 8.83 Å². The van der Waals surface area contributed by atoms with E-state index in [1.165, 1.54) is 33.6 Å². The van der Waals surface area contributed by atoms with Gasteiger partial charge in [-0.1, -0.05) is 54.6 Å². The van der Waals surface area contributed by atoms with Crippen LogP contribution in [-0.2, 0) is 18.4 Å². The standard InChI is InChI=1S/C30H27N2O2/c1-2-7-22(8-3-1)9-6-14-31-15-16-32-27-19-30(23-12-17-33-20-23,24-13-18-34-21-24)28(29(31)32)26-11-5-4-10-25(26)27/h1-5,7-8,10-13,15-18,20-21,27-28H,6,9,14,19H2/q+1/t27-,28+/m1/s1. The Morgan fingerprint density at radius 3 is 2.26 bits per heavy atom. The van der Waals surface area contributed by atoms with Crippen LogP contribution in [0.2, 0.25) is 0 Å². The van der Waals surface area contributed by atoms with Gasteiger partial charge in [-0.25, -0.2) is 9.13 Å². The summed E-state index contributed by atoms with van der Waals surface area (Å²) in [5.41, 5.74) is 6.48. The first-order chi connectivity index (χ1) is 16.9. The number of hydrogen-bond donors (Lipinski definition) is 0. The Morgan fingerprint density at radius 2 is 1.56 bits per heavy atom. The molecule has 0 spiro atoms. The SMILES string of the molecule is c1ccc(CCCn2cc[n+]3c2[C@@H]2c4ccccc4[C@H]3CC2(c2ccoc2)c2ccoc2)cc1. The van der Waals surface area contributed by atoms with Crippen molar-refractivity contribution in [2.24, 2.45) is 0 Å². The summed E-state index contributed by atoms with van der Waals surface area (Å²) in [4.78, 5) is 0. The van der Waals surface area contributed by atoms with Crippen LogP contribution in [0, 0.1) is 0 Å². The summed E-state index contributed by atoms with van der Waals surface area (Å²) in [6.07, 6.45) is 15.2. The summed E-state index contributed by atoms with van der Waals surface area (Å²) in [5.74, 6) is 1.56. The highest BCUT2D eigenvalue weighted by molar-refractivity contribution is 5.53. The molecule has 3 aliphatic rings. The fraction of sp³-hybridized carbons (Fsp3) is 0.233. The molecule has 0 radical (unpaired) electrons. The Bertz CT molecular complexity index is 1380. The topological polar surface area (TPSA) is 35.1 Å². The second-order valence-electron chi connectivity index (χ2n) is 9.62. The number of benzene rings is 2. The van der Waals surface area contributed by atoms with Crippen LogP contribution in [0.4, 0.5) is 0 Å². The lowest BCUT2D eigenvalue weighted by atomic mass is 9.55. The van der Waals surface area contributed by atoms with Crippen molar-refractivity contribution in [3.8, 4) is 0 Å². The van der Waals surface area contributed by atoms with E-state index < -0.39 is 0 Å². The lowest BCUT2D eigenvalue weighted by Crippen LogP contribution is -2.59. The molecule has 5 aromatic rings. The van der Waals surface area contributed by atoms with Crippen LogP contribution < -0.4 is 4.57 Å². The van der Waals surface area contributed by atoms with Gasteiger partial charge in [0.25, 0.3) is 5.82 Å². The van der Waals surface area contributed by atoms with Crippen molar-refractivity contribution in [2.75, 3.05) is 0 Å². The Balaban J connectivity index is 1.36. The third-order valence-corrected chi connectivity index (χ3v) is 8.01. The van der Waals surface area contributed by atoms with E-state index in [1.807, 2.05) is 12.5 Å². The van der Waals surface area contributed by atoms with Crippen LogP contribution in [0.15, 0.2) is 113 Å². The van der Waals surface area contributed by atoms with E-state index in [1.54, 1.807) is 12.5 Å². The summed E-state index contributed by atoms with van der Waals surface area (Å²) in [7, 11) is 0. The molecule has 168 valence electrons. The first-order valence-electron chi connectivity index (χ1n) is 12.1. The van der Waals surface area contributed by atoms with Crippen LogP contribution in [0.5, 0.6) is 0 Å². The predicted octanol–water partition coefficient (Wildman–Crippen LogP) is 6.02. The average Bonchev–Trinajstić information content (AvgIpc) is 3.68. The van der Waals surface area contributed by atoms with Crippen molar-refractivity contribution in [1.29, 1.82) is 0 Å². The van der Waals surface area contributed by atoms with Crippen molar-refractivity contribution in [2.45, 2.75) is 43.2 Å². The summed E-state index contributed by atoms with van der Waals surface area (Å²) in [6.45, 7) is 0.996. The molecule has 5 heterocycles. The number of fused-ring (bicyclic) bond motifs is 1. The van der Waals surface area contributed by atoms with Gasteiger partial charge in [0.15, 0.2) is 0 Å². The molecule has 2 atom stereocenters. The minimum absolute atomic E-state index is 0.177. The lowest BCUT2D eigenvalue weighted by molar-refractivity contribution is -0.732. The molecule has 3 aromatic heterocycles. The average molecular weight is 448 g/mol. The van der Waals surface area contributed by atoms with Gasteiger partial charge in [0.05, 0.1) is 31.6 Å². The Labute approximate surface area is 199 Å². The van der Waals surface area contributed by atoms with Crippen molar-refractivity contribution >= 4 is 0 Å². The second kappa shape index (κ2) is 7.63. The normalized spacial score (nSPS) is 19.6. The minimum atomic E-state index is -0.228. The lowest BCUT2D eigenvalue weighted by Gasteiger charge is -2.49. The first kappa shape index (κ1) is 19.7. The summed E-state index contributed by atoms with van der Waals surface area (Å²) < 4.78 is 16.3. The van der Waals surface area contributed by atoms with Crippen LogP contribution in [-0.4, -0.2) is 4.57 Å². The van der Waals surface area contributed by atoms with E-state index in [2.05, 4.69) is 88.3 Å². The number of furan rings is 2. The molecule has 2 aromatic carbocycles. The van der Waals surface area contributed by atoms with Crippen molar-refractivity contribution < 1.29 is 13.4 Å². The molecule has 8 rings (SSSR count). The van der Waals surface area contributed by atoms with Gasteiger partial charge in [0, 0.05) is 28.5 Å². The summed E-state index contributed by atoms with van der Waals surface area (Å²) >= 11 is 0. The Morgan fingerprint density at radius 1 is 0.853 bits per heavy atom. The predicted molar refractivity (Wildman–Crippen MR) is 129 cm³/mol. The Hall–Kier alpha value is -3.79. The molecule has 2 aliphatic heterocycles. The number of imidazole rings is 1. The molecule has 0 N–H and O–H groups in total. The zero-order chi connectivity index (χ0) is 22.5. The van der Waals surface area contributed by atoms with E-state index in [0.29, 0.717) is 0 Å². The summed E-state index contributed by atoms with van der Waals surface area (Å²) in [6, 6.07) is 24.3. The quantitative estimate of drug-likeness (QED) is 0.298. The third kappa shape index (κ3) is 2.75.